The number of carbonyl (C=O) groups is 2. The topological polar surface area (TPSA) is 115 Å². The van der Waals surface area contributed by atoms with Gasteiger partial charge in [0, 0.05) is 25.0 Å². The van der Waals surface area contributed by atoms with Crippen LogP contribution in [0.25, 0.3) is 0 Å². The molecule has 0 aliphatic rings. The van der Waals surface area contributed by atoms with E-state index in [1.54, 1.807) is 26.2 Å². The van der Waals surface area contributed by atoms with Crippen LogP contribution in [0.4, 0.5) is 21.0 Å². The number of rotatable bonds is 4. The predicted octanol–water partition coefficient (Wildman–Crippen LogP) is 2.41. The third-order valence-corrected chi connectivity index (χ3v) is 4.33. The van der Waals surface area contributed by atoms with Gasteiger partial charge in [0.25, 0.3) is 11.8 Å². The van der Waals surface area contributed by atoms with Gasteiger partial charge in [-0.05, 0) is 24.6 Å². The van der Waals surface area contributed by atoms with Crippen molar-refractivity contribution in [3.05, 3.63) is 52.4 Å². The molecule has 0 saturated carbocycles. The zero-order valence-corrected chi connectivity index (χ0v) is 14.7. The van der Waals surface area contributed by atoms with Crippen molar-refractivity contribution in [1.82, 2.24) is 14.8 Å². The highest BCUT2D eigenvalue weighted by molar-refractivity contribution is 7.17. The molecule has 0 aliphatic heterocycles. The average Bonchev–Trinajstić information content (AvgIpc) is 3.18. The molecular weight excluding hydrogens is 359 g/mol. The maximum absolute atomic E-state index is 14.2. The van der Waals surface area contributed by atoms with Crippen molar-refractivity contribution >= 4 is 39.8 Å². The second-order valence-corrected chi connectivity index (χ2v) is 6.55. The first-order valence-corrected chi connectivity index (χ1v) is 8.29. The van der Waals surface area contributed by atoms with Gasteiger partial charge in [0.2, 0.25) is 0 Å². The van der Waals surface area contributed by atoms with Crippen LogP contribution in [0.3, 0.4) is 0 Å². The number of nitrogens with one attached hydrogen (secondary N) is 2. The Kier molecular flexibility index (Phi) is 4.67. The molecule has 0 unspecified atom stereocenters. The van der Waals surface area contributed by atoms with E-state index in [0.29, 0.717) is 21.9 Å². The molecule has 26 heavy (non-hydrogen) atoms. The van der Waals surface area contributed by atoms with Crippen LogP contribution in [0.2, 0.25) is 0 Å². The van der Waals surface area contributed by atoms with Crippen LogP contribution in [0.1, 0.15) is 25.6 Å². The van der Waals surface area contributed by atoms with Gasteiger partial charge >= 0.3 is 0 Å². The highest BCUT2D eigenvalue weighted by atomic mass is 32.1. The summed E-state index contributed by atoms with van der Waals surface area (Å²) in [5.74, 6) is -1.51. The number of hydrogen-bond donors (Lipinski definition) is 3. The first-order chi connectivity index (χ1) is 12.3. The Morgan fingerprint density at radius 1 is 1.27 bits per heavy atom. The fraction of sp³-hybridized carbons (Fsp3) is 0.125. The zero-order chi connectivity index (χ0) is 18.8. The van der Waals surface area contributed by atoms with E-state index >= 15 is 0 Å². The number of hydrogen-bond acceptors (Lipinski definition) is 6. The quantitative estimate of drug-likeness (QED) is 0.649. The number of amides is 2. The van der Waals surface area contributed by atoms with Crippen LogP contribution in [0.15, 0.2) is 30.6 Å². The molecule has 0 spiro atoms. The Labute approximate surface area is 151 Å². The number of benzene rings is 1. The van der Waals surface area contributed by atoms with E-state index in [2.05, 4.69) is 20.7 Å². The third kappa shape index (κ3) is 3.70. The van der Waals surface area contributed by atoms with Crippen LogP contribution in [-0.4, -0.2) is 26.6 Å². The lowest BCUT2D eigenvalue weighted by molar-refractivity contribution is 0.101. The summed E-state index contributed by atoms with van der Waals surface area (Å²) < 4.78 is 15.7. The maximum Gasteiger partial charge on any atom is 0.267 e. The van der Waals surface area contributed by atoms with Crippen LogP contribution in [0.5, 0.6) is 0 Å². The van der Waals surface area contributed by atoms with E-state index in [9.17, 15) is 14.0 Å². The molecule has 10 heteroatoms. The van der Waals surface area contributed by atoms with E-state index in [1.807, 2.05) is 0 Å². The molecule has 4 N–H and O–H groups in total. The number of nitrogens with two attached hydrogens (primary N) is 1. The molecule has 2 heterocycles. The van der Waals surface area contributed by atoms with Gasteiger partial charge in [-0.25, -0.2) is 9.37 Å². The van der Waals surface area contributed by atoms with Gasteiger partial charge in [-0.2, -0.15) is 5.10 Å². The van der Waals surface area contributed by atoms with Crippen molar-refractivity contribution in [1.29, 1.82) is 0 Å². The molecular formula is C16H15FN6O2S. The highest BCUT2D eigenvalue weighted by Crippen LogP contribution is 2.23. The SMILES string of the molecule is Cc1cc(F)c(C(=O)Nc2ccn(C)n2)cc1NC(=O)c1cnc(N)s1. The molecule has 8 nitrogen and oxygen atoms in total. The molecule has 0 saturated heterocycles. The summed E-state index contributed by atoms with van der Waals surface area (Å²) in [5, 5.41) is 9.42. The second kappa shape index (κ2) is 6.92. The standard InChI is InChI=1S/C16H15FN6O2S/c1-8-5-10(17)9(14(24)21-13-3-4-23(2)22-13)6-11(8)20-15(25)12-7-19-16(18)26-12/h3-7H,1-2H3,(H2,18,19)(H,20,25)(H,21,22,24). The summed E-state index contributed by atoms with van der Waals surface area (Å²) in [5.41, 5.74) is 6.10. The van der Waals surface area contributed by atoms with E-state index in [0.717, 1.165) is 11.3 Å². The summed E-state index contributed by atoms with van der Waals surface area (Å²) in [7, 11) is 1.70. The number of aryl methyl sites for hydroxylation is 2. The van der Waals surface area contributed by atoms with Gasteiger partial charge in [-0.1, -0.05) is 11.3 Å². The van der Waals surface area contributed by atoms with Gasteiger partial charge in [-0.3, -0.25) is 14.3 Å². The van der Waals surface area contributed by atoms with Gasteiger partial charge < -0.3 is 16.4 Å². The van der Waals surface area contributed by atoms with Crippen molar-refractivity contribution in [3.8, 4) is 0 Å². The molecule has 2 aromatic heterocycles. The predicted molar refractivity (Wildman–Crippen MR) is 96.8 cm³/mol. The third-order valence-electron chi connectivity index (χ3n) is 3.51. The number of thiazole rings is 1. The Hall–Kier alpha value is -3.27. The highest BCUT2D eigenvalue weighted by Gasteiger charge is 2.18. The summed E-state index contributed by atoms with van der Waals surface area (Å²) in [6.07, 6.45) is 3.00. The molecule has 0 atom stereocenters. The number of halogens is 1. The number of anilines is 3. The monoisotopic (exact) mass is 374 g/mol. The van der Waals surface area contributed by atoms with Crippen LogP contribution in [0, 0.1) is 12.7 Å². The molecule has 0 fully saturated rings. The minimum atomic E-state index is -0.698. The molecule has 3 rings (SSSR count). The van der Waals surface area contributed by atoms with E-state index in [4.69, 9.17) is 5.73 Å². The minimum absolute atomic E-state index is 0.208. The molecule has 2 amide bonds. The lowest BCUT2D eigenvalue weighted by Crippen LogP contribution is -2.17. The first kappa shape index (κ1) is 17.5. The van der Waals surface area contributed by atoms with Crippen molar-refractivity contribution < 1.29 is 14.0 Å². The Morgan fingerprint density at radius 2 is 2.04 bits per heavy atom. The second-order valence-electron chi connectivity index (χ2n) is 5.49. The molecule has 0 aliphatic carbocycles. The maximum atomic E-state index is 14.2. The van der Waals surface area contributed by atoms with E-state index in [-0.39, 0.29) is 10.7 Å². The molecule has 1 aromatic carbocycles. The first-order valence-electron chi connectivity index (χ1n) is 7.47. The zero-order valence-electron chi connectivity index (χ0n) is 13.9. The Bertz CT molecular complexity index is 997. The van der Waals surface area contributed by atoms with Crippen molar-refractivity contribution in [3.63, 3.8) is 0 Å². The summed E-state index contributed by atoms with van der Waals surface area (Å²) in [6.45, 7) is 1.63. The fourth-order valence-electron chi connectivity index (χ4n) is 2.22. The smallest absolute Gasteiger partial charge is 0.267 e. The Balaban J connectivity index is 1.84. The normalized spacial score (nSPS) is 10.6. The van der Waals surface area contributed by atoms with Crippen LogP contribution >= 0.6 is 11.3 Å². The summed E-state index contributed by atoms with van der Waals surface area (Å²) in [4.78, 5) is 28.7. The number of carbonyl (C=O) groups excluding carboxylic acids is 2. The van der Waals surface area contributed by atoms with E-state index in [1.165, 1.54) is 23.0 Å². The lowest BCUT2D eigenvalue weighted by atomic mass is 10.1. The number of nitrogen functional groups attached to an aromatic ring is 1. The van der Waals surface area contributed by atoms with Crippen molar-refractivity contribution in [2.45, 2.75) is 6.92 Å². The molecule has 0 bridgehead atoms. The largest absolute Gasteiger partial charge is 0.375 e. The van der Waals surface area contributed by atoms with Gasteiger partial charge in [-0.15, -0.1) is 0 Å². The van der Waals surface area contributed by atoms with Crippen molar-refractivity contribution in [2.24, 2.45) is 7.05 Å². The minimum Gasteiger partial charge on any atom is -0.375 e. The Morgan fingerprint density at radius 3 is 2.65 bits per heavy atom. The van der Waals surface area contributed by atoms with Crippen LogP contribution < -0.4 is 16.4 Å². The van der Waals surface area contributed by atoms with Gasteiger partial charge in [0.15, 0.2) is 10.9 Å². The summed E-state index contributed by atoms with van der Waals surface area (Å²) in [6, 6.07) is 4.05. The average molecular weight is 374 g/mol. The molecule has 134 valence electrons. The van der Waals surface area contributed by atoms with Gasteiger partial charge in [0.1, 0.15) is 10.7 Å². The van der Waals surface area contributed by atoms with Crippen LogP contribution in [-0.2, 0) is 7.05 Å². The van der Waals surface area contributed by atoms with Gasteiger partial charge in [0.05, 0.1) is 11.8 Å². The van der Waals surface area contributed by atoms with E-state index < -0.39 is 17.6 Å². The molecule has 0 radical (unpaired) electrons. The van der Waals surface area contributed by atoms with Crippen molar-refractivity contribution in [2.75, 3.05) is 16.4 Å². The number of aromatic nitrogens is 3. The lowest BCUT2D eigenvalue weighted by Gasteiger charge is -2.11. The fourth-order valence-corrected chi connectivity index (χ4v) is 2.80. The summed E-state index contributed by atoms with van der Waals surface area (Å²) >= 11 is 1.03. The number of nitrogens with zero attached hydrogens (tertiary/aromatic N) is 3. The molecule has 3 aromatic rings.